The predicted molar refractivity (Wildman–Crippen MR) is 86.4 cm³/mol. The van der Waals surface area contributed by atoms with Crippen LogP contribution in [-0.2, 0) is 6.18 Å². The zero-order valence-corrected chi connectivity index (χ0v) is 13.6. The molecule has 3 rings (SSSR count). The zero-order chi connectivity index (χ0) is 17.9. The van der Waals surface area contributed by atoms with Crippen LogP contribution >= 0.6 is 11.3 Å². The molecule has 0 aliphatic rings. The number of nitrogens with zero attached hydrogens (tertiary/aromatic N) is 1. The van der Waals surface area contributed by atoms with Crippen LogP contribution in [0.5, 0.6) is 0 Å². The van der Waals surface area contributed by atoms with Crippen LogP contribution in [0, 0.1) is 0 Å². The van der Waals surface area contributed by atoms with Crippen LogP contribution in [0.2, 0.25) is 0 Å². The van der Waals surface area contributed by atoms with Gasteiger partial charge < -0.3 is 9.73 Å². The third-order valence-electron chi connectivity index (χ3n) is 3.56. The minimum Gasteiger partial charge on any atom is -0.469 e. The Labute approximate surface area is 145 Å². The quantitative estimate of drug-likeness (QED) is 0.732. The molecule has 3 aromatic rings. The second-order valence-corrected chi connectivity index (χ2v) is 6.20. The molecule has 1 amide bonds. The average molecular weight is 366 g/mol. The number of pyridine rings is 1. The van der Waals surface area contributed by atoms with E-state index in [0.717, 1.165) is 23.2 Å². The van der Waals surface area contributed by atoms with E-state index in [1.165, 1.54) is 11.3 Å². The van der Waals surface area contributed by atoms with Crippen molar-refractivity contribution >= 4 is 17.2 Å². The highest BCUT2D eigenvalue weighted by atomic mass is 32.1. The van der Waals surface area contributed by atoms with Crippen molar-refractivity contribution in [3.8, 4) is 0 Å². The lowest BCUT2D eigenvalue weighted by atomic mass is 10.0. The molecule has 0 radical (unpaired) electrons. The molecule has 3 heterocycles. The lowest BCUT2D eigenvalue weighted by molar-refractivity contribution is -0.141. The number of nitrogens with one attached hydrogen (secondary N) is 1. The summed E-state index contributed by atoms with van der Waals surface area (Å²) in [5.41, 5.74) is -0.964. The molecule has 0 saturated carbocycles. The number of furan rings is 1. The number of carbonyl (C=O) groups excluding carboxylic acids is 1. The summed E-state index contributed by atoms with van der Waals surface area (Å²) >= 11 is 1.53. The molecular formula is C17H13F3N2O2S. The molecule has 0 spiro atoms. The molecule has 0 unspecified atom stereocenters. The highest BCUT2D eigenvalue weighted by Gasteiger charge is 2.32. The molecular weight excluding hydrogens is 353 g/mol. The highest BCUT2D eigenvalue weighted by molar-refractivity contribution is 7.10. The smallest absolute Gasteiger partial charge is 0.433 e. The van der Waals surface area contributed by atoms with Crippen LogP contribution in [-0.4, -0.2) is 17.4 Å². The van der Waals surface area contributed by atoms with E-state index in [9.17, 15) is 18.0 Å². The van der Waals surface area contributed by atoms with Gasteiger partial charge in [0.2, 0.25) is 0 Å². The minimum atomic E-state index is -4.53. The van der Waals surface area contributed by atoms with Gasteiger partial charge in [0.25, 0.3) is 5.91 Å². The first-order chi connectivity index (χ1) is 11.9. The predicted octanol–water partition coefficient (Wildman–Crippen LogP) is 4.32. The Balaban J connectivity index is 1.70. The van der Waals surface area contributed by atoms with E-state index in [-0.39, 0.29) is 18.0 Å². The summed E-state index contributed by atoms with van der Waals surface area (Å²) in [6, 6.07) is 9.31. The molecule has 0 fully saturated rings. The molecule has 0 aliphatic carbocycles. The van der Waals surface area contributed by atoms with Crippen molar-refractivity contribution < 1.29 is 22.4 Å². The van der Waals surface area contributed by atoms with Crippen molar-refractivity contribution in [3.63, 3.8) is 0 Å². The van der Waals surface area contributed by atoms with E-state index in [0.29, 0.717) is 5.76 Å². The number of amides is 1. The summed E-state index contributed by atoms with van der Waals surface area (Å²) < 4.78 is 43.0. The van der Waals surface area contributed by atoms with Crippen molar-refractivity contribution in [1.82, 2.24) is 10.3 Å². The van der Waals surface area contributed by atoms with Gasteiger partial charge in [0.1, 0.15) is 11.5 Å². The number of hydrogen-bond donors (Lipinski definition) is 1. The molecule has 8 heteroatoms. The average Bonchev–Trinajstić information content (AvgIpc) is 3.28. The van der Waals surface area contributed by atoms with Gasteiger partial charge in [-0.3, -0.25) is 9.78 Å². The van der Waals surface area contributed by atoms with Crippen molar-refractivity contribution in [2.75, 3.05) is 6.54 Å². The largest absolute Gasteiger partial charge is 0.469 e. The lowest BCUT2D eigenvalue weighted by Crippen LogP contribution is -2.28. The van der Waals surface area contributed by atoms with Crippen molar-refractivity contribution in [2.24, 2.45) is 0 Å². The SMILES string of the molecule is O=C(NC[C@@H](c1ccco1)c1cccs1)c1ccc(C(F)(F)F)nc1. The van der Waals surface area contributed by atoms with Gasteiger partial charge >= 0.3 is 6.18 Å². The first-order valence-corrected chi connectivity index (χ1v) is 8.21. The van der Waals surface area contributed by atoms with Crippen molar-refractivity contribution in [1.29, 1.82) is 0 Å². The Morgan fingerprint density at radius 1 is 1.24 bits per heavy atom. The van der Waals surface area contributed by atoms with Crippen LogP contribution in [0.4, 0.5) is 13.2 Å². The van der Waals surface area contributed by atoms with Crippen molar-refractivity contribution in [3.05, 3.63) is 76.1 Å². The van der Waals surface area contributed by atoms with Gasteiger partial charge in [0.15, 0.2) is 0 Å². The normalized spacial score (nSPS) is 12.8. The number of carbonyl (C=O) groups is 1. The first kappa shape index (κ1) is 17.2. The van der Waals surface area contributed by atoms with Crippen molar-refractivity contribution in [2.45, 2.75) is 12.1 Å². The fraction of sp³-hybridized carbons (Fsp3) is 0.176. The van der Waals surface area contributed by atoms with E-state index in [1.54, 1.807) is 12.3 Å². The molecule has 25 heavy (non-hydrogen) atoms. The number of hydrogen-bond acceptors (Lipinski definition) is 4. The Hall–Kier alpha value is -2.61. The zero-order valence-electron chi connectivity index (χ0n) is 12.8. The summed E-state index contributed by atoms with van der Waals surface area (Å²) in [4.78, 5) is 16.5. The van der Waals surface area contributed by atoms with Gasteiger partial charge in [-0.25, -0.2) is 0 Å². The fourth-order valence-corrected chi connectivity index (χ4v) is 3.15. The van der Waals surface area contributed by atoms with Crippen LogP contribution in [0.25, 0.3) is 0 Å². The number of aromatic nitrogens is 1. The lowest BCUT2D eigenvalue weighted by Gasteiger charge is -2.14. The maximum absolute atomic E-state index is 12.5. The van der Waals surface area contributed by atoms with Gasteiger partial charge in [-0.05, 0) is 35.7 Å². The molecule has 3 aromatic heterocycles. The van der Waals surface area contributed by atoms with Crippen LogP contribution in [0.3, 0.4) is 0 Å². The maximum atomic E-state index is 12.5. The summed E-state index contributed by atoms with van der Waals surface area (Å²) in [6.45, 7) is 0.258. The fourth-order valence-electron chi connectivity index (χ4n) is 2.31. The summed E-state index contributed by atoms with van der Waals surface area (Å²) in [6.07, 6.45) is -2.05. The Kier molecular flexibility index (Phi) is 4.89. The number of alkyl halides is 3. The summed E-state index contributed by atoms with van der Waals surface area (Å²) in [5, 5.41) is 4.64. The molecule has 1 atom stereocenters. The number of rotatable bonds is 5. The molecule has 0 bridgehead atoms. The van der Waals surface area contributed by atoms with Gasteiger partial charge in [-0.15, -0.1) is 11.3 Å². The van der Waals surface area contributed by atoms with E-state index >= 15 is 0 Å². The van der Waals surface area contributed by atoms with E-state index in [4.69, 9.17) is 4.42 Å². The van der Waals surface area contributed by atoms with Crippen LogP contribution in [0.1, 0.15) is 32.6 Å². The number of thiophene rings is 1. The third-order valence-corrected chi connectivity index (χ3v) is 4.54. The Morgan fingerprint density at radius 2 is 2.08 bits per heavy atom. The van der Waals surface area contributed by atoms with Gasteiger partial charge in [0.05, 0.1) is 17.7 Å². The number of halogens is 3. The second kappa shape index (κ2) is 7.10. The molecule has 130 valence electrons. The Bertz CT molecular complexity index is 778. The standard InChI is InChI=1S/C17H13F3N2O2S/c18-17(19,20)15-6-5-11(9-21-15)16(23)22-10-12(13-3-1-7-24-13)14-4-2-8-25-14/h1-9,12H,10H2,(H,22,23)/t12-/m0/s1. The van der Waals surface area contributed by atoms with E-state index < -0.39 is 17.8 Å². The summed E-state index contributed by atoms with van der Waals surface area (Å²) in [7, 11) is 0. The van der Waals surface area contributed by atoms with E-state index in [1.807, 2.05) is 23.6 Å². The Morgan fingerprint density at radius 3 is 2.64 bits per heavy atom. The molecule has 0 aliphatic heterocycles. The second-order valence-electron chi connectivity index (χ2n) is 5.22. The monoisotopic (exact) mass is 366 g/mol. The van der Waals surface area contributed by atoms with Crippen LogP contribution < -0.4 is 5.32 Å². The molecule has 4 nitrogen and oxygen atoms in total. The molecule has 1 N–H and O–H groups in total. The maximum Gasteiger partial charge on any atom is 0.433 e. The summed E-state index contributed by atoms with van der Waals surface area (Å²) in [5.74, 6) is 0.0454. The van der Waals surface area contributed by atoms with Gasteiger partial charge in [0, 0.05) is 17.6 Å². The topological polar surface area (TPSA) is 55.1 Å². The van der Waals surface area contributed by atoms with Gasteiger partial charge in [-0.1, -0.05) is 6.07 Å². The minimum absolute atomic E-state index is 0.0670. The van der Waals surface area contributed by atoms with E-state index in [2.05, 4.69) is 10.3 Å². The molecule has 0 aromatic carbocycles. The highest BCUT2D eigenvalue weighted by Crippen LogP contribution is 2.29. The molecule has 0 saturated heterocycles. The first-order valence-electron chi connectivity index (χ1n) is 7.33. The van der Waals surface area contributed by atoms with Gasteiger partial charge in [-0.2, -0.15) is 13.2 Å². The van der Waals surface area contributed by atoms with Crippen LogP contribution in [0.15, 0.2) is 58.7 Å². The third kappa shape index (κ3) is 4.08.